The first-order chi connectivity index (χ1) is 6.29. The van der Waals surface area contributed by atoms with Crippen LogP contribution in [0.15, 0.2) is 0 Å². The second kappa shape index (κ2) is 3.95. The highest BCUT2D eigenvalue weighted by molar-refractivity contribution is 4.83. The van der Waals surface area contributed by atoms with Crippen molar-refractivity contribution in [2.24, 2.45) is 5.41 Å². The Labute approximate surface area is 79.8 Å². The predicted octanol–water partition coefficient (Wildman–Crippen LogP) is 0.792. The summed E-state index contributed by atoms with van der Waals surface area (Å²) in [5.41, 5.74) is 0.364. The third kappa shape index (κ3) is 2.42. The molecule has 0 spiro atoms. The second-order valence-electron chi connectivity index (χ2n) is 4.55. The van der Waals surface area contributed by atoms with Gasteiger partial charge in [-0.1, -0.05) is 6.92 Å². The van der Waals surface area contributed by atoms with Gasteiger partial charge in [0.15, 0.2) is 0 Å². The lowest BCUT2D eigenvalue weighted by molar-refractivity contribution is 0.153. The van der Waals surface area contributed by atoms with Gasteiger partial charge >= 0.3 is 0 Å². The highest BCUT2D eigenvalue weighted by Gasteiger charge is 2.30. The molecule has 0 aromatic carbocycles. The molecule has 0 bridgehead atoms. The molecular formula is C10H19NO2. The summed E-state index contributed by atoms with van der Waals surface area (Å²) >= 11 is 0. The van der Waals surface area contributed by atoms with Crippen molar-refractivity contribution in [3.8, 4) is 0 Å². The van der Waals surface area contributed by atoms with E-state index in [9.17, 15) is 0 Å². The Bertz CT molecular complexity index is 160. The standard InChI is InChI=1S/C10H19NO2/c1-10(3-5-13-8-10)7-11-9-2-4-12-6-9/h9,11H,2-8H2,1H3. The lowest BCUT2D eigenvalue weighted by Gasteiger charge is -2.24. The fraction of sp³-hybridized carbons (Fsp3) is 1.00. The molecule has 2 aliphatic rings. The first-order valence-electron chi connectivity index (χ1n) is 5.17. The van der Waals surface area contributed by atoms with Gasteiger partial charge in [-0.2, -0.15) is 0 Å². The molecule has 2 rings (SSSR count). The van der Waals surface area contributed by atoms with Crippen molar-refractivity contribution < 1.29 is 9.47 Å². The number of ether oxygens (including phenoxy) is 2. The Morgan fingerprint density at radius 2 is 2.31 bits per heavy atom. The molecule has 1 N–H and O–H groups in total. The van der Waals surface area contributed by atoms with Crippen molar-refractivity contribution >= 4 is 0 Å². The van der Waals surface area contributed by atoms with Crippen LogP contribution in [0.1, 0.15) is 19.8 Å². The Morgan fingerprint density at radius 1 is 1.38 bits per heavy atom. The van der Waals surface area contributed by atoms with E-state index in [-0.39, 0.29) is 0 Å². The molecule has 0 radical (unpaired) electrons. The molecule has 2 saturated heterocycles. The van der Waals surface area contributed by atoms with Crippen LogP contribution in [0.3, 0.4) is 0 Å². The van der Waals surface area contributed by atoms with Crippen LogP contribution >= 0.6 is 0 Å². The monoisotopic (exact) mass is 185 g/mol. The van der Waals surface area contributed by atoms with Crippen molar-refractivity contribution in [2.45, 2.75) is 25.8 Å². The van der Waals surface area contributed by atoms with E-state index in [1.165, 1.54) is 6.42 Å². The van der Waals surface area contributed by atoms with Crippen LogP contribution in [-0.2, 0) is 9.47 Å². The summed E-state index contributed by atoms with van der Waals surface area (Å²) in [5, 5.41) is 3.56. The number of hydrogen-bond acceptors (Lipinski definition) is 3. The van der Waals surface area contributed by atoms with E-state index in [0.717, 1.165) is 39.4 Å². The molecule has 0 saturated carbocycles. The maximum atomic E-state index is 5.40. The van der Waals surface area contributed by atoms with Crippen molar-refractivity contribution in [3.63, 3.8) is 0 Å². The molecule has 2 aliphatic heterocycles. The quantitative estimate of drug-likeness (QED) is 0.705. The average Bonchev–Trinajstić information content (AvgIpc) is 2.72. The van der Waals surface area contributed by atoms with Crippen molar-refractivity contribution in [3.05, 3.63) is 0 Å². The van der Waals surface area contributed by atoms with Gasteiger partial charge in [-0.3, -0.25) is 0 Å². The van der Waals surface area contributed by atoms with Crippen LogP contribution in [0.5, 0.6) is 0 Å². The summed E-state index contributed by atoms with van der Waals surface area (Å²) in [7, 11) is 0. The van der Waals surface area contributed by atoms with Gasteiger partial charge in [-0.05, 0) is 12.8 Å². The molecule has 2 atom stereocenters. The summed E-state index contributed by atoms with van der Waals surface area (Å²) in [6.45, 7) is 7.01. The van der Waals surface area contributed by atoms with Crippen LogP contribution < -0.4 is 5.32 Å². The van der Waals surface area contributed by atoms with Gasteiger partial charge in [0.25, 0.3) is 0 Å². The van der Waals surface area contributed by atoms with Crippen molar-refractivity contribution in [2.75, 3.05) is 33.0 Å². The summed E-state index contributed by atoms with van der Waals surface area (Å²) in [5.74, 6) is 0. The van der Waals surface area contributed by atoms with E-state index < -0.39 is 0 Å². The number of rotatable bonds is 3. The molecule has 2 unspecified atom stereocenters. The topological polar surface area (TPSA) is 30.5 Å². The molecule has 2 heterocycles. The van der Waals surface area contributed by atoms with Crippen molar-refractivity contribution in [1.29, 1.82) is 0 Å². The van der Waals surface area contributed by atoms with Gasteiger partial charge < -0.3 is 14.8 Å². The van der Waals surface area contributed by atoms with E-state index >= 15 is 0 Å². The average molecular weight is 185 g/mol. The van der Waals surface area contributed by atoms with Crippen LogP contribution in [0.25, 0.3) is 0 Å². The molecule has 3 nitrogen and oxygen atoms in total. The summed E-state index contributed by atoms with van der Waals surface area (Å²) < 4.78 is 10.7. The molecule has 13 heavy (non-hydrogen) atoms. The normalized spacial score (nSPS) is 39.9. The first kappa shape index (κ1) is 9.44. The maximum Gasteiger partial charge on any atom is 0.0620 e. The molecule has 0 aliphatic carbocycles. The van der Waals surface area contributed by atoms with Crippen LogP contribution in [0.2, 0.25) is 0 Å². The Morgan fingerprint density at radius 3 is 2.92 bits per heavy atom. The maximum absolute atomic E-state index is 5.40. The van der Waals surface area contributed by atoms with Crippen LogP contribution in [0.4, 0.5) is 0 Å². The van der Waals surface area contributed by atoms with E-state index in [2.05, 4.69) is 12.2 Å². The highest BCUT2D eigenvalue weighted by Crippen LogP contribution is 2.26. The lowest BCUT2D eigenvalue weighted by Crippen LogP contribution is -2.38. The highest BCUT2D eigenvalue weighted by atomic mass is 16.5. The molecule has 0 amide bonds. The molecule has 0 aromatic rings. The van der Waals surface area contributed by atoms with Crippen LogP contribution in [-0.4, -0.2) is 39.0 Å². The van der Waals surface area contributed by atoms with E-state index in [4.69, 9.17) is 9.47 Å². The largest absolute Gasteiger partial charge is 0.381 e. The minimum atomic E-state index is 0.364. The fourth-order valence-corrected chi connectivity index (χ4v) is 1.93. The first-order valence-corrected chi connectivity index (χ1v) is 5.17. The van der Waals surface area contributed by atoms with Gasteiger partial charge in [0, 0.05) is 31.2 Å². The summed E-state index contributed by atoms with van der Waals surface area (Å²) in [6.07, 6.45) is 2.35. The third-order valence-electron chi connectivity index (χ3n) is 3.05. The molecule has 76 valence electrons. The van der Waals surface area contributed by atoms with Gasteiger partial charge in [0.1, 0.15) is 0 Å². The Hall–Kier alpha value is -0.120. The van der Waals surface area contributed by atoms with Crippen LogP contribution in [0, 0.1) is 5.41 Å². The Kier molecular flexibility index (Phi) is 2.86. The zero-order chi connectivity index (χ0) is 9.15. The molecule has 2 fully saturated rings. The van der Waals surface area contributed by atoms with Gasteiger partial charge in [0.05, 0.1) is 13.2 Å². The van der Waals surface area contributed by atoms with E-state index in [1.807, 2.05) is 0 Å². The van der Waals surface area contributed by atoms with Gasteiger partial charge in [-0.25, -0.2) is 0 Å². The Balaban J connectivity index is 1.71. The van der Waals surface area contributed by atoms with Gasteiger partial charge in [0.2, 0.25) is 0 Å². The SMILES string of the molecule is CC1(CNC2CCOC2)CCOC1. The number of nitrogens with one attached hydrogen (secondary N) is 1. The van der Waals surface area contributed by atoms with Gasteiger partial charge in [-0.15, -0.1) is 0 Å². The second-order valence-corrected chi connectivity index (χ2v) is 4.55. The number of hydrogen-bond donors (Lipinski definition) is 1. The zero-order valence-electron chi connectivity index (χ0n) is 8.34. The minimum absolute atomic E-state index is 0.364. The third-order valence-corrected chi connectivity index (χ3v) is 3.05. The summed E-state index contributed by atoms with van der Waals surface area (Å²) in [4.78, 5) is 0. The predicted molar refractivity (Wildman–Crippen MR) is 50.8 cm³/mol. The lowest BCUT2D eigenvalue weighted by atomic mass is 9.90. The van der Waals surface area contributed by atoms with E-state index in [1.54, 1.807) is 0 Å². The summed E-state index contributed by atoms with van der Waals surface area (Å²) in [6, 6.07) is 0.581. The zero-order valence-corrected chi connectivity index (χ0v) is 8.34. The molecule has 0 aromatic heterocycles. The fourth-order valence-electron chi connectivity index (χ4n) is 1.93. The smallest absolute Gasteiger partial charge is 0.0620 e. The molecular weight excluding hydrogens is 166 g/mol. The van der Waals surface area contributed by atoms with E-state index in [0.29, 0.717) is 11.5 Å². The molecule has 3 heteroatoms. The minimum Gasteiger partial charge on any atom is -0.381 e. The van der Waals surface area contributed by atoms with Crippen molar-refractivity contribution in [1.82, 2.24) is 5.32 Å².